The van der Waals surface area contributed by atoms with Gasteiger partial charge in [0.2, 0.25) is 0 Å². The Bertz CT molecular complexity index is 450. The molecule has 1 fully saturated rings. The summed E-state index contributed by atoms with van der Waals surface area (Å²) in [5.41, 5.74) is 2.54. The molecule has 2 rings (SSSR count). The molecule has 4 nitrogen and oxygen atoms in total. The van der Waals surface area contributed by atoms with Crippen molar-refractivity contribution in [3.05, 3.63) is 15.9 Å². The van der Waals surface area contributed by atoms with Crippen molar-refractivity contribution in [2.24, 2.45) is 18.4 Å². The maximum Gasteiger partial charge on any atom is 0.0738 e. The summed E-state index contributed by atoms with van der Waals surface area (Å²) >= 11 is 3.68. The van der Waals surface area contributed by atoms with Gasteiger partial charge in [0.25, 0.3) is 0 Å². The lowest BCUT2D eigenvalue weighted by Crippen LogP contribution is -2.38. The molecule has 0 amide bonds. The minimum Gasteiger partial charge on any atom is -0.381 e. The molecular formula is C15H26BrN3O. The summed E-state index contributed by atoms with van der Waals surface area (Å²) in [6, 6.07) is 0. The van der Waals surface area contributed by atoms with Crippen molar-refractivity contribution in [2.75, 3.05) is 26.3 Å². The fourth-order valence-electron chi connectivity index (χ4n) is 2.84. The van der Waals surface area contributed by atoms with Crippen LogP contribution in [0.25, 0.3) is 0 Å². The average molecular weight is 344 g/mol. The predicted molar refractivity (Wildman–Crippen MR) is 84.9 cm³/mol. The van der Waals surface area contributed by atoms with Gasteiger partial charge in [-0.2, -0.15) is 5.10 Å². The van der Waals surface area contributed by atoms with E-state index in [9.17, 15) is 0 Å². The summed E-state index contributed by atoms with van der Waals surface area (Å²) in [5.74, 6) is 0.681. The SMILES string of the molecule is Cc1nn(C)c(CC2(CNCC(C)C)CCOC2)c1Br. The normalized spacial score (nSPS) is 22.9. The lowest BCUT2D eigenvalue weighted by atomic mass is 9.82. The highest BCUT2D eigenvalue weighted by Gasteiger charge is 2.36. The molecule has 0 spiro atoms. The zero-order valence-corrected chi connectivity index (χ0v) is 14.6. The Morgan fingerprint density at radius 1 is 1.50 bits per heavy atom. The Morgan fingerprint density at radius 3 is 2.75 bits per heavy atom. The van der Waals surface area contributed by atoms with E-state index in [1.807, 2.05) is 18.7 Å². The summed E-state index contributed by atoms with van der Waals surface area (Å²) in [6.45, 7) is 10.3. The molecule has 0 radical (unpaired) electrons. The fraction of sp³-hybridized carbons (Fsp3) is 0.800. The third-order valence-corrected chi connectivity index (χ3v) is 5.07. The number of hydrogen-bond acceptors (Lipinski definition) is 3. The van der Waals surface area contributed by atoms with Crippen molar-refractivity contribution in [1.29, 1.82) is 0 Å². The van der Waals surface area contributed by atoms with E-state index in [4.69, 9.17) is 4.74 Å². The number of halogens is 1. The van der Waals surface area contributed by atoms with Gasteiger partial charge in [0.05, 0.1) is 22.5 Å². The maximum absolute atomic E-state index is 5.69. The van der Waals surface area contributed by atoms with E-state index < -0.39 is 0 Å². The van der Waals surface area contributed by atoms with Gasteiger partial charge in [-0.25, -0.2) is 0 Å². The number of ether oxygens (including phenoxy) is 1. The van der Waals surface area contributed by atoms with Gasteiger partial charge in [-0.1, -0.05) is 13.8 Å². The van der Waals surface area contributed by atoms with Crippen LogP contribution in [0, 0.1) is 18.3 Å². The minimum atomic E-state index is 0.206. The zero-order valence-electron chi connectivity index (χ0n) is 13.0. The van der Waals surface area contributed by atoms with Crippen LogP contribution in [0.2, 0.25) is 0 Å². The second-order valence-electron chi connectivity index (χ2n) is 6.47. The van der Waals surface area contributed by atoms with Crippen molar-refractivity contribution < 1.29 is 4.74 Å². The molecule has 0 saturated carbocycles. The molecule has 114 valence electrons. The summed E-state index contributed by atoms with van der Waals surface area (Å²) in [6.07, 6.45) is 2.13. The second-order valence-corrected chi connectivity index (χ2v) is 7.27. The molecule has 0 aliphatic carbocycles. The predicted octanol–water partition coefficient (Wildman–Crippen LogP) is 2.69. The third-order valence-electron chi connectivity index (χ3n) is 4.04. The first kappa shape index (κ1) is 16.0. The lowest BCUT2D eigenvalue weighted by Gasteiger charge is -2.28. The van der Waals surface area contributed by atoms with Gasteiger partial charge in [0.15, 0.2) is 0 Å². The molecule has 5 heteroatoms. The first-order chi connectivity index (χ1) is 9.43. The molecule has 1 unspecified atom stereocenters. The van der Waals surface area contributed by atoms with Gasteiger partial charge >= 0.3 is 0 Å². The number of aromatic nitrogens is 2. The molecule has 1 saturated heterocycles. The van der Waals surface area contributed by atoms with Crippen LogP contribution in [0.4, 0.5) is 0 Å². The largest absolute Gasteiger partial charge is 0.381 e. The first-order valence-corrected chi connectivity index (χ1v) is 8.19. The molecule has 1 aromatic heterocycles. The molecular weight excluding hydrogens is 318 g/mol. The number of hydrogen-bond donors (Lipinski definition) is 1. The number of nitrogens with one attached hydrogen (secondary N) is 1. The van der Waals surface area contributed by atoms with Crippen LogP contribution in [0.3, 0.4) is 0 Å². The van der Waals surface area contributed by atoms with Crippen molar-refractivity contribution in [1.82, 2.24) is 15.1 Å². The van der Waals surface area contributed by atoms with Crippen LogP contribution >= 0.6 is 15.9 Å². The van der Waals surface area contributed by atoms with Crippen molar-refractivity contribution >= 4 is 15.9 Å². The van der Waals surface area contributed by atoms with E-state index >= 15 is 0 Å². The zero-order chi connectivity index (χ0) is 14.8. The standard InChI is InChI=1S/C15H26BrN3O/c1-11(2)8-17-9-15(5-6-20-10-15)7-13-14(16)12(3)18-19(13)4/h11,17H,5-10H2,1-4H3. The average Bonchev–Trinajstić information content (AvgIpc) is 2.91. The molecule has 0 bridgehead atoms. The molecule has 2 heterocycles. The monoisotopic (exact) mass is 343 g/mol. The van der Waals surface area contributed by atoms with Crippen LogP contribution in [0.5, 0.6) is 0 Å². The van der Waals surface area contributed by atoms with Gasteiger partial charge < -0.3 is 10.1 Å². The summed E-state index contributed by atoms with van der Waals surface area (Å²) < 4.78 is 8.84. The van der Waals surface area contributed by atoms with E-state index in [-0.39, 0.29) is 5.41 Å². The Labute approximate surface area is 130 Å². The van der Waals surface area contributed by atoms with Gasteiger partial charge in [0.1, 0.15) is 0 Å². The Morgan fingerprint density at radius 2 is 2.25 bits per heavy atom. The van der Waals surface area contributed by atoms with Gasteiger partial charge in [-0.05, 0) is 48.2 Å². The summed E-state index contributed by atoms with van der Waals surface area (Å²) in [4.78, 5) is 0. The van der Waals surface area contributed by atoms with Crippen molar-refractivity contribution in [3.8, 4) is 0 Å². The smallest absolute Gasteiger partial charge is 0.0738 e. The highest BCUT2D eigenvalue weighted by molar-refractivity contribution is 9.10. The van der Waals surface area contributed by atoms with E-state index in [2.05, 4.69) is 40.2 Å². The molecule has 1 aliphatic heterocycles. The summed E-state index contributed by atoms with van der Waals surface area (Å²) in [7, 11) is 2.03. The van der Waals surface area contributed by atoms with Gasteiger partial charge in [0, 0.05) is 25.6 Å². The summed E-state index contributed by atoms with van der Waals surface area (Å²) in [5, 5.41) is 8.11. The van der Waals surface area contributed by atoms with E-state index in [0.717, 1.165) is 49.3 Å². The molecule has 20 heavy (non-hydrogen) atoms. The highest BCUT2D eigenvalue weighted by atomic mass is 79.9. The van der Waals surface area contributed by atoms with Crippen LogP contribution < -0.4 is 5.32 Å². The van der Waals surface area contributed by atoms with Crippen molar-refractivity contribution in [2.45, 2.75) is 33.6 Å². The Balaban J connectivity index is 2.08. The van der Waals surface area contributed by atoms with E-state index in [1.165, 1.54) is 5.69 Å². The maximum atomic E-state index is 5.69. The lowest BCUT2D eigenvalue weighted by molar-refractivity contribution is 0.147. The second kappa shape index (κ2) is 6.58. The molecule has 1 aromatic rings. The Kier molecular flexibility index (Phi) is 5.26. The van der Waals surface area contributed by atoms with Crippen molar-refractivity contribution in [3.63, 3.8) is 0 Å². The highest BCUT2D eigenvalue weighted by Crippen LogP contribution is 2.35. The fourth-order valence-corrected chi connectivity index (χ4v) is 3.32. The number of aryl methyl sites for hydroxylation is 2. The quantitative estimate of drug-likeness (QED) is 0.862. The van der Waals surface area contributed by atoms with Crippen LogP contribution in [-0.2, 0) is 18.2 Å². The topological polar surface area (TPSA) is 39.1 Å². The molecule has 1 N–H and O–H groups in total. The van der Waals surface area contributed by atoms with Crippen LogP contribution in [0.1, 0.15) is 31.7 Å². The molecule has 1 atom stereocenters. The van der Waals surface area contributed by atoms with Crippen LogP contribution in [0.15, 0.2) is 4.47 Å². The molecule has 1 aliphatic rings. The minimum absolute atomic E-state index is 0.206. The number of rotatable bonds is 6. The molecule has 0 aromatic carbocycles. The van der Waals surface area contributed by atoms with Gasteiger partial charge in [-0.3, -0.25) is 4.68 Å². The van der Waals surface area contributed by atoms with E-state index in [0.29, 0.717) is 5.92 Å². The first-order valence-electron chi connectivity index (χ1n) is 7.40. The van der Waals surface area contributed by atoms with E-state index in [1.54, 1.807) is 0 Å². The van der Waals surface area contributed by atoms with Gasteiger partial charge in [-0.15, -0.1) is 0 Å². The third kappa shape index (κ3) is 3.62. The number of nitrogens with zero attached hydrogens (tertiary/aromatic N) is 2. The Hall–Kier alpha value is -0.390. The van der Waals surface area contributed by atoms with Crippen LogP contribution in [-0.4, -0.2) is 36.1 Å².